The monoisotopic (exact) mass is 354 g/mol. The number of hydrogen-bond acceptors (Lipinski definition) is 6. The fourth-order valence-electron chi connectivity index (χ4n) is 2.54. The maximum atomic E-state index is 12.1. The number of carbonyl (C=O) groups is 2. The molecular weight excluding hydrogens is 336 g/mol. The molecule has 2 aromatic heterocycles. The number of amides is 2. The van der Waals surface area contributed by atoms with Crippen LogP contribution in [0.5, 0.6) is 0 Å². The maximum Gasteiger partial charge on any atom is 0.269 e. The zero-order valence-electron chi connectivity index (χ0n) is 13.9. The molecule has 26 heavy (non-hydrogen) atoms. The number of benzene rings is 1. The number of aromatic nitrogens is 2. The second-order valence-corrected chi connectivity index (χ2v) is 5.56. The van der Waals surface area contributed by atoms with Gasteiger partial charge < -0.3 is 20.8 Å². The lowest BCUT2D eigenvalue weighted by Crippen LogP contribution is -2.27. The first-order valence-electron chi connectivity index (χ1n) is 8.12. The standard InChI is InChI=1S/C18H18N4O4/c23-9-7-19-17(25)13-5-3-11-1-2-12-4-6-14(18(26)20-8-10-24)22-16(12)15(11)21-13/h1-6,23-24H,7-10H2,(H,19,25)(H,20,26). The number of fused-ring (bicyclic) bond motifs is 3. The number of hydrogen-bond donors (Lipinski definition) is 4. The van der Waals surface area contributed by atoms with Gasteiger partial charge in [0, 0.05) is 23.9 Å². The predicted octanol–water partition coefficient (Wildman–Crippen LogP) is 0.227. The van der Waals surface area contributed by atoms with E-state index in [1.807, 2.05) is 12.1 Å². The van der Waals surface area contributed by atoms with Crippen LogP contribution in [-0.2, 0) is 0 Å². The Labute approximate surface area is 148 Å². The molecule has 0 aliphatic carbocycles. The summed E-state index contributed by atoms with van der Waals surface area (Å²) in [6, 6.07) is 10.4. The van der Waals surface area contributed by atoms with Gasteiger partial charge >= 0.3 is 0 Å². The van der Waals surface area contributed by atoms with E-state index in [0.29, 0.717) is 11.0 Å². The Morgan fingerprint density at radius 2 is 1.12 bits per heavy atom. The van der Waals surface area contributed by atoms with Gasteiger partial charge in [0.05, 0.1) is 24.2 Å². The number of aliphatic hydroxyl groups excluding tert-OH is 2. The molecule has 0 radical (unpaired) electrons. The molecule has 0 fully saturated rings. The Kier molecular flexibility index (Phi) is 5.35. The van der Waals surface area contributed by atoms with Crippen molar-refractivity contribution >= 4 is 33.6 Å². The van der Waals surface area contributed by atoms with Crippen molar-refractivity contribution in [2.24, 2.45) is 0 Å². The predicted molar refractivity (Wildman–Crippen MR) is 95.9 cm³/mol. The van der Waals surface area contributed by atoms with E-state index in [-0.39, 0.29) is 37.7 Å². The Bertz CT molecular complexity index is 895. The third-order valence-electron chi connectivity index (χ3n) is 3.78. The van der Waals surface area contributed by atoms with Crippen molar-refractivity contribution in [1.82, 2.24) is 20.6 Å². The molecule has 0 atom stereocenters. The highest BCUT2D eigenvalue weighted by atomic mass is 16.3. The van der Waals surface area contributed by atoms with E-state index in [0.717, 1.165) is 10.8 Å². The van der Waals surface area contributed by atoms with Gasteiger partial charge in [0.2, 0.25) is 0 Å². The molecule has 0 aliphatic heterocycles. The summed E-state index contributed by atoms with van der Waals surface area (Å²) >= 11 is 0. The lowest BCUT2D eigenvalue weighted by Gasteiger charge is -2.08. The Hall–Kier alpha value is -3.10. The van der Waals surface area contributed by atoms with Gasteiger partial charge in [-0.05, 0) is 12.1 Å². The fourth-order valence-corrected chi connectivity index (χ4v) is 2.54. The van der Waals surface area contributed by atoms with Crippen LogP contribution in [0, 0.1) is 0 Å². The van der Waals surface area contributed by atoms with Gasteiger partial charge in [0.25, 0.3) is 11.8 Å². The minimum Gasteiger partial charge on any atom is -0.395 e. The second kappa shape index (κ2) is 7.85. The number of aliphatic hydroxyl groups is 2. The number of nitrogens with one attached hydrogen (secondary N) is 2. The minimum atomic E-state index is -0.394. The third kappa shape index (κ3) is 3.61. The van der Waals surface area contributed by atoms with Gasteiger partial charge in [-0.2, -0.15) is 0 Å². The molecule has 2 amide bonds. The summed E-state index contributed by atoms with van der Waals surface area (Å²) < 4.78 is 0. The van der Waals surface area contributed by atoms with Crippen LogP contribution >= 0.6 is 0 Å². The summed E-state index contributed by atoms with van der Waals surface area (Å²) in [5, 5.41) is 24.3. The first-order chi connectivity index (χ1) is 12.6. The summed E-state index contributed by atoms with van der Waals surface area (Å²) in [5.74, 6) is -0.787. The number of nitrogens with zero attached hydrogens (tertiary/aromatic N) is 2. The van der Waals surface area contributed by atoms with E-state index in [4.69, 9.17) is 10.2 Å². The summed E-state index contributed by atoms with van der Waals surface area (Å²) in [4.78, 5) is 32.9. The number of pyridine rings is 2. The normalized spacial score (nSPS) is 10.8. The van der Waals surface area contributed by atoms with Crippen molar-refractivity contribution in [3.05, 3.63) is 47.8 Å². The van der Waals surface area contributed by atoms with Crippen molar-refractivity contribution in [3.63, 3.8) is 0 Å². The molecule has 0 spiro atoms. The highest BCUT2D eigenvalue weighted by molar-refractivity contribution is 6.06. The van der Waals surface area contributed by atoms with Gasteiger partial charge in [-0.15, -0.1) is 0 Å². The summed E-state index contributed by atoms with van der Waals surface area (Å²) in [6.45, 7) is -0.0325. The van der Waals surface area contributed by atoms with Crippen LogP contribution in [0.2, 0.25) is 0 Å². The molecule has 0 saturated carbocycles. The number of rotatable bonds is 6. The molecular formula is C18H18N4O4. The fraction of sp³-hybridized carbons (Fsp3) is 0.222. The highest BCUT2D eigenvalue weighted by Gasteiger charge is 2.12. The van der Waals surface area contributed by atoms with E-state index in [9.17, 15) is 9.59 Å². The molecule has 1 aromatic carbocycles. The van der Waals surface area contributed by atoms with Crippen molar-refractivity contribution < 1.29 is 19.8 Å². The van der Waals surface area contributed by atoms with Crippen LogP contribution < -0.4 is 10.6 Å². The average Bonchev–Trinajstić information content (AvgIpc) is 2.69. The minimum absolute atomic E-state index is 0.140. The van der Waals surface area contributed by atoms with Crippen LogP contribution in [0.15, 0.2) is 36.4 Å². The van der Waals surface area contributed by atoms with Crippen LogP contribution in [0.3, 0.4) is 0 Å². The zero-order valence-corrected chi connectivity index (χ0v) is 13.9. The molecule has 0 saturated heterocycles. The first-order valence-corrected chi connectivity index (χ1v) is 8.12. The van der Waals surface area contributed by atoms with Gasteiger partial charge in [-0.3, -0.25) is 9.59 Å². The first kappa shape index (κ1) is 17.7. The molecule has 0 aliphatic rings. The molecule has 3 rings (SSSR count). The van der Waals surface area contributed by atoms with E-state index < -0.39 is 11.8 Å². The number of carbonyl (C=O) groups excluding carboxylic acids is 2. The SMILES string of the molecule is O=C(NCCO)c1ccc2ccc3ccc(C(=O)NCCO)nc3c2n1. The average molecular weight is 354 g/mol. The van der Waals surface area contributed by atoms with Crippen molar-refractivity contribution in [3.8, 4) is 0 Å². The van der Waals surface area contributed by atoms with Crippen LogP contribution in [0.25, 0.3) is 21.8 Å². The molecule has 8 heteroatoms. The third-order valence-corrected chi connectivity index (χ3v) is 3.78. The molecule has 4 N–H and O–H groups in total. The quantitative estimate of drug-likeness (QED) is 0.470. The van der Waals surface area contributed by atoms with E-state index in [1.54, 1.807) is 24.3 Å². The zero-order chi connectivity index (χ0) is 18.5. The maximum absolute atomic E-state index is 12.1. The largest absolute Gasteiger partial charge is 0.395 e. The Morgan fingerprint density at radius 1 is 0.731 bits per heavy atom. The van der Waals surface area contributed by atoms with Crippen molar-refractivity contribution in [1.29, 1.82) is 0 Å². The second-order valence-electron chi connectivity index (χ2n) is 5.56. The van der Waals surface area contributed by atoms with Crippen LogP contribution in [0.4, 0.5) is 0 Å². The molecule has 134 valence electrons. The van der Waals surface area contributed by atoms with Crippen LogP contribution in [-0.4, -0.2) is 58.3 Å². The topological polar surface area (TPSA) is 124 Å². The Morgan fingerprint density at radius 3 is 1.50 bits per heavy atom. The smallest absolute Gasteiger partial charge is 0.269 e. The Balaban J connectivity index is 2.06. The van der Waals surface area contributed by atoms with Gasteiger partial charge in [-0.1, -0.05) is 24.3 Å². The van der Waals surface area contributed by atoms with E-state index in [2.05, 4.69) is 20.6 Å². The molecule has 0 unspecified atom stereocenters. The molecule has 2 heterocycles. The highest BCUT2D eigenvalue weighted by Crippen LogP contribution is 2.23. The van der Waals surface area contributed by atoms with Gasteiger partial charge in [0.15, 0.2) is 0 Å². The summed E-state index contributed by atoms with van der Waals surface area (Å²) in [5.41, 5.74) is 1.43. The van der Waals surface area contributed by atoms with Crippen LogP contribution in [0.1, 0.15) is 21.0 Å². The van der Waals surface area contributed by atoms with E-state index >= 15 is 0 Å². The molecule has 0 bridgehead atoms. The lowest BCUT2D eigenvalue weighted by atomic mass is 10.1. The van der Waals surface area contributed by atoms with Gasteiger partial charge in [-0.25, -0.2) is 9.97 Å². The van der Waals surface area contributed by atoms with E-state index in [1.165, 1.54) is 0 Å². The summed E-state index contributed by atoms with van der Waals surface area (Å²) in [7, 11) is 0. The molecule has 3 aromatic rings. The van der Waals surface area contributed by atoms with Crippen molar-refractivity contribution in [2.45, 2.75) is 0 Å². The lowest BCUT2D eigenvalue weighted by molar-refractivity contribution is 0.0932. The van der Waals surface area contributed by atoms with Crippen molar-refractivity contribution in [2.75, 3.05) is 26.3 Å². The summed E-state index contributed by atoms with van der Waals surface area (Å²) in [6.07, 6.45) is 0. The molecule has 8 nitrogen and oxygen atoms in total. The van der Waals surface area contributed by atoms with Gasteiger partial charge in [0.1, 0.15) is 11.4 Å².